The normalized spacial score (nSPS) is 10.6. The molecule has 0 fully saturated rings. The lowest BCUT2D eigenvalue weighted by Gasteiger charge is -2.11. The molecule has 0 aliphatic rings. The molecule has 0 atom stereocenters. The third-order valence-corrected chi connectivity index (χ3v) is 4.12. The van der Waals surface area contributed by atoms with E-state index in [-0.39, 0.29) is 44.9 Å². The molecule has 23 heavy (non-hydrogen) atoms. The van der Waals surface area contributed by atoms with Crippen molar-refractivity contribution >= 4 is 55.9 Å². The van der Waals surface area contributed by atoms with Crippen LogP contribution in [0.15, 0.2) is 16.7 Å². The second kappa shape index (κ2) is 6.92. The van der Waals surface area contributed by atoms with Crippen molar-refractivity contribution in [3.8, 4) is 0 Å². The van der Waals surface area contributed by atoms with Gasteiger partial charge in [0, 0.05) is 11.9 Å². The molecule has 3 N–H and O–H groups in total. The molecule has 0 aliphatic carbocycles. The number of carbonyl (C=O) groups is 1. The summed E-state index contributed by atoms with van der Waals surface area (Å²) in [6.45, 7) is -0.0960. The quantitative estimate of drug-likeness (QED) is 0.340. The van der Waals surface area contributed by atoms with Crippen LogP contribution in [-0.4, -0.2) is 29.2 Å². The Balaban J connectivity index is 2.51. The number of nitro groups is 1. The Morgan fingerprint density at radius 3 is 2.91 bits per heavy atom. The largest absolute Gasteiger partial charge is 0.448 e. The fourth-order valence-corrected chi connectivity index (χ4v) is 2.38. The highest BCUT2D eigenvalue weighted by molar-refractivity contribution is 9.10. The van der Waals surface area contributed by atoms with Crippen LogP contribution in [0.4, 0.5) is 20.6 Å². The summed E-state index contributed by atoms with van der Waals surface area (Å²) in [5.74, 6) is -0.737. The van der Waals surface area contributed by atoms with Gasteiger partial charge in [-0.3, -0.25) is 10.1 Å². The zero-order valence-electron chi connectivity index (χ0n) is 11.3. The van der Waals surface area contributed by atoms with Gasteiger partial charge in [0.1, 0.15) is 24.0 Å². The zero-order valence-corrected chi connectivity index (χ0v) is 13.6. The van der Waals surface area contributed by atoms with Crippen molar-refractivity contribution in [3.05, 3.63) is 37.7 Å². The summed E-state index contributed by atoms with van der Waals surface area (Å²) < 4.78 is 18.7. The van der Waals surface area contributed by atoms with Gasteiger partial charge in [0.25, 0.3) is 0 Å². The molecule has 8 nitrogen and oxygen atoms in total. The lowest BCUT2D eigenvalue weighted by Crippen LogP contribution is -2.18. The van der Waals surface area contributed by atoms with Crippen molar-refractivity contribution in [2.45, 2.75) is 0 Å². The van der Waals surface area contributed by atoms with E-state index in [0.29, 0.717) is 0 Å². The molecule has 0 unspecified atom stereocenters. The summed E-state index contributed by atoms with van der Waals surface area (Å²) in [5, 5.41) is 14.0. The van der Waals surface area contributed by atoms with Gasteiger partial charge in [0.2, 0.25) is 0 Å². The Morgan fingerprint density at radius 1 is 1.61 bits per heavy atom. The summed E-state index contributed by atoms with van der Waals surface area (Å²) in [6, 6.07) is 1.35. The minimum Gasteiger partial charge on any atom is -0.448 e. The lowest BCUT2D eigenvalue weighted by atomic mass is 10.1. The number of carbonyl (C=O) groups excluding carboxylic acids is 1. The third kappa shape index (κ3) is 3.59. The number of anilines is 1. The van der Waals surface area contributed by atoms with Crippen LogP contribution in [-0.2, 0) is 4.74 Å². The minimum absolute atomic E-state index is 0.0102. The van der Waals surface area contributed by atoms with Gasteiger partial charge in [-0.25, -0.2) is 14.2 Å². The van der Waals surface area contributed by atoms with Gasteiger partial charge in [-0.05, 0) is 22.0 Å². The number of hydrogen-bond donors (Lipinski definition) is 2. The molecule has 1 aromatic heterocycles. The summed E-state index contributed by atoms with van der Waals surface area (Å²) >= 11 is 8.88. The molecule has 0 aliphatic heterocycles. The van der Waals surface area contributed by atoms with Crippen LogP contribution in [0.3, 0.4) is 0 Å². The summed E-state index contributed by atoms with van der Waals surface area (Å²) in [5.41, 5.74) is 4.37. The smallest absolute Gasteiger partial charge is 0.404 e. The lowest BCUT2D eigenvalue weighted by molar-refractivity contribution is -0.384. The third-order valence-electron chi connectivity index (χ3n) is 2.82. The number of benzene rings is 1. The van der Waals surface area contributed by atoms with E-state index in [4.69, 9.17) is 17.3 Å². The molecule has 1 aromatic carbocycles. The first-order valence-electron chi connectivity index (χ1n) is 6.09. The fraction of sp³-hybridized carbons (Fsp3) is 0.167. The van der Waals surface area contributed by atoms with E-state index >= 15 is 0 Å². The van der Waals surface area contributed by atoms with E-state index in [0.717, 1.165) is 6.20 Å². The van der Waals surface area contributed by atoms with Crippen molar-refractivity contribution < 1.29 is 18.8 Å². The Bertz CT molecular complexity index is 804. The van der Waals surface area contributed by atoms with Gasteiger partial charge in [0.15, 0.2) is 5.82 Å². The predicted octanol–water partition coefficient (Wildman–Crippen LogP) is 3.21. The highest BCUT2D eigenvalue weighted by Crippen LogP contribution is 2.38. The Kier molecular flexibility index (Phi) is 5.16. The number of pyridine rings is 1. The molecular weight excluding hydrogens is 399 g/mol. The number of primary amides is 1. The highest BCUT2D eigenvalue weighted by Gasteiger charge is 2.22. The van der Waals surface area contributed by atoms with Gasteiger partial charge >= 0.3 is 11.8 Å². The first-order chi connectivity index (χ1) is 10.8. The monoisotopic (exact) mass is 406 g/mol. The number of halogens is 3. The zero-order chi connectivity index (χ0) is 17.1. The average Bonchev–Trinajstić information content (AvgIpc) is 2.49. The van der Waals surface area contributed by atoms with Gasteiger partial charge in [-0.1, -0.05) is 11.6 Å². The number of nitrogens with two attached hydrogens (primary N) is 1. The molecule has 0 radical (unpaired) electrons. The van der Waals surface area contributed by atoms with Crippen LogP contribution in [0.25, 0.3) is 10.9 Å². The van der Waals surface area contributed by atoms with Crippen molar-refractivity contribution in [1.82, 2.24) is 4.98 Å². The first-order valence-corrected chi connectivity index (χ1v) is 7.26. The van der Waals surface area contributed by atoms with Crippen LogP contribution < -0.4 is 11.1 Å². The number of fused-ring (bicyclic) bond motifs is 1. The van der Waals surface area contributed by atoms with E-state index in [1.807, 2.05) is 0 Å². The molecule has 0 spiro atoms. The highest BCUT2D eigenvalue weighted by atomic mass is 79.9. The van der Waals surface area contributed by atoms with Crippen LogP contribution in [0.5, 0.6) is 0 Å². The maximum absolute atomic E-state index is 14.2. The molecule has 11 heteroatoms. The molecule has 2 aromatic rings. The average molecular weight is 408 g/mol. The topological polar surface area (TPSA) is 120 Å². The van der Waals surface area contributed by atoms with Crippen molar-refractivity contribution in [2.24, 2.45) is 5.73 Å². The Hall–Kier alpha value is -2.20. The molecule has 0 bridgehead atoms. The molecule has 1 amide bonds. The molecule has 2 rings (SSSR count). The molecular formula is C12H9BrClFN4O4. The number of ether oxygens (including phenoxy) is 1. The first kappa shape index (κ1) is 17.2. The van der Waals surface area contributed by atoms with Gasteiger partial charge < -0.3 is 15.8 Å². The maximum Gasteiger partial charge on any atom is 0.404 e. The van der Waals surface area contributed by atoms with E-state index in [9.17, 15) is 19.3 Å². The van der Waals surface area contributed by atoms with Crippen molar-refractivity contribution in [2.75, 3.05) is 18.5 Å². The number of aromatic nitrogens is 1. The van der Waals surface area contributed by atoms with Crippen LogP contribution in [0.1, 0.15) is 0 Å². The predicted molar refractivity (Wildman–Crippen MR) is 85.1 cm³/mol. The van der Waals surface area contributed by atoms with E-state index < -0.39 is 16.8 Å². The molecule has 0 saturated carbocycles. The summed E-state index contributed by atoms with van der Waals surface area (Å²) in [7, 11) is 0. The maximum atomic E-state index is 14.2. The van der Waals surface area contributed by atoms with Crippen molar-refractivity contribution in [3.63, 3.8) is 0 Å². The van der Waals surface area contributed by atoms with Crippen LogP contribution in [0, 0.1) is 15.9 Å². The second-order valence-corrected chi connectivity index (χ2v) is 5.45. The molecule has 122 valence electrons. The van der Waals surface area contributed by atoms with E-state index in [1.165, 1.54) is 6.07 Å². The fourth-order valence-electron chi connectivity index (χ4n) is 1.88. The van der Waals surface area contributed by atoms with E-state index in [1.54, 1.807) is 0 Å². The van der Waals surface area contributed by atoms with Gasteiger partial charge in [0.05, 0.1) is 14.4 Å². The summed E-state index contributed by atoms with van der Waals surface area (Å²) in [6.07, 6.45) is -0.0397. The van der Waals surface area contributed by atoms with Gasteiger partial charge in [-0.2, -0.15) is 0 Å². The van der Waals surface area contributed by atoms with Crippen LogP contribution in [0.2, 0.25) is 5.02 Å². The molecule has 1 heterocycles. The standard InChI is InChI=1S/C12H9BrClFN4O4/c13-8-6(14)3-5-10(17-1-2-23-12(16)20)7(19(21)22)4-18-11(5)9(8)15/h3-4H,1-2H2,(H2,16,20)(H,17,18). The van der Waals surface area contributed by atoms with Gasteiger partial charge in [-0.15, -0.1) is 0 Å². The van der Waals surface area contributed by atoms with Crippen molar-refractivity contribution in [1.29, 1.82) is 0 Å². The number of nitrogens with one attached hydrogen (secondary N) is 1. The molecule has 0 saturated heterocycles. The Morgan fingerprint density at radius 2 is 2.30 bits per heavy atom. The second-order valence-electron chi connectivity index (χ2n) is 4.25. The number of nitrogens with zero attached hydrogens (tertiary/aromatic N) is 2. The number of rotatable bonds is 5. The minimum atomic E-state index is -0.973. The Labute approximate surface area is 142 Å². The van der Waals surface area contributed by atoms with E-state index in [2.05, 4.69) is 31.0 Å². The number of amides is 1. The number of hydrogen-bond acceptors (Lipinski definition) is 6. The van der Waals surface area contributed by atoms with Crippen LogP contribution >= 0.6 is 27.5 Å². The SMILES string of the molecule is NC(=O)OCCNc1c([N+](=O)[O-])cnc2c(F)c(Br)c(Cl)cc12. The summed E-state index contributed by atoms with van der Waals surface area (Å²) in [4.78, 5) is 24.7.